The lowest BCUT2D eigenvalue weighted by atomic mass is 10.1. The Kier molecular flexibility index (Phi) is 2.93. The molecule has 1 amide bonds. The van der Waals surface area contributed by atoms with Crippen LogP contribution in [0.2, 0.25) is 0 Å². The van der Waals surface area contributed by atoms with Crippen molar-refractivity contribution in [2.75, 3.05) is 18.9 Å². The molecule has 0 spiro atoms. The highest BCUT2D eigenvalue weighted by Crippen LogP contribution is 2.39. The third-order valence-electron chi connectivity index (χ3n) is 3.58. The maximum Gasteiger partial charge on any atom is 0.316 e. The Morgan fingerprint density at radius 3 is 2.89 bits per heavy atom. The third kappa shape index (κ3) is 2.32. The summed E-state index contributed by atoms with van der Waals surface area (Å²) in [4.78, 5) is 13.8. The van der Waals surface area contributed by atoms with Crippen molar-refractivity contribution in [3.8, 4) is 0 Å². The first-order chi connectivity index (χ1) is 8.74. The maximum atomic E-state index is 12.1. The van der Waals surface area contributed by atoms with Gasteiger partial charge < -0.3 is 14.6 Å². The largest absolute Gasteiger partial charge is 0.408 e. The van der Waals surface area contributed by atoms with E-state index in [0.717, 1.165) is 38.6 Å². The number of nitrogens with one attached hydrogen (secondary N) is 1. The minimum atomic E-state index is -0.231. The molecule has 1 saturated carbocycles. The highest BCUT2D eigenvalue weighted by atomic mass is 16.4. The molecule has 98 valence electrons. The molecular weight excluding hydrogens is 232 g/mol. The van der Waals surface area contributed by atoms with Crippen LogP contribution in [0.5, 0.6) is 0 Å². The molecule has 1 atom stereocenters. The van der Waals surface area contributed by atoms with Gasteiger partial charge in [-0.15, -0.1) is 5.10 Å². The van der Waals surface area contributed by atoms with Gasteiger partial charge in [0, 0.05) is 19.5 Å². The summed E-state index contributed by atoms with van der Waals surface area (Å²) >= 11 is 0. The number of likely N-dealkylation sites (N-methyl/N-ethyl adjacent to an activating group) is 1. The van der Waals surface area contributed by atoms with Crippen molar-refractivity contribution in [2.24, 2.45) is 0 Å². The Balaban J connectivity index is 1.67. The molecule has 1 aromatic heterocycles. The van der Waals surface area contributed by atoms with E-state index in [1.807, 2.05) is 7.05 Å². The van der Waals surface area contributed by atoms with E-state index in [2.05, 4.69) is 15.5 Å². The maximum absolute atomic E-state index is 12.1. The molecule has 0 radical (unpaired) electrons. The van der Waals surface area contributed by atoms with E-state index in [4.69, 9.17) is 4.42 Å². The molecule has 2 heterocycles. The molecule has 1 aromatic rings. The summed E-state index contributed by atoms with van der Waals surface area (Å²) in [6.07, 6.45) is 5.18. The van der Waals surface area contributed by atoms with Gasteiger partial charge in [0.25, 0.3) is 0 Å². The van der Waals surface area contributed by atoms with Crippen molar-refractivity contribution < 1.29 is 9.21 Å². The molecule has 3 rings (SSSR count). The zero-order valence-electron chi connectivity index (χ0n) is 10.6. The van der Waals surface area contributed by atoms with Gasteiger partial charge in [0.1, 0.15) is 6.04 Å². The lowest BCUT2D eigenvalue weighted by Crippen LogP contribution is -2.39. The Morgan fingerprint density at radius 1 is 1.28 bits per heavy atom. The van der Waals surface area contributed by atoms with Crippen LogP contribution in [0.15, 0.2) is 4.42 Å². The van der Waals surface area contributed by atoms with Gasteiger partial charge in [0.2, 0.25) is 11.8 Å². The predicted octanol–water partition coefficient (Wildman–Crippen LogP) is 1.37. The lowest BCUT2D eigenvalue weighted by Gasteiger charge is -2.19. The second-order valence-corrected chi connectivity index (χ2v) is 5.17. The average molecular weight is 250 g/mol. The van der Waals surface area contributed by atoms with E-state index < -0.39 is 0 Å². The lowest BCUT2D eigenvalue weighted by molar-refractivity contribution is -0.130. The number of likely N-dealkylation sites (tertiary alicyclic amines) is 1. The van der Waals surface area contributed by atoms with Gasteiger partial charge in [-0.1, -0.05) is 5.10 Å². The Bertz CT molecular complexity index is 441. The van der Waals surface area contributed by atoms with Crippen molar-refractivity contribution in [1.82, 2.24) is 15.1 Å². The first kappa shape index (κ1) is 11.5. The monoisotopic (exact) mass is 250 g/mol. The second kappa shape index (κ2) is 4.59. The van der Waals surface area contributed by atoms with Crippen LogP contribution in [0.1, 0.15) is 43.9 Å². The molecule has 6 nitrogen and oxygen atoms in total. The Morgan fingerprint density at radius 2 is 2.11 bits per heavy atom. The van der Waals surface area contributed by atoms with Gasteiger partial charge in [-0.05, 0) is 32.1 Å². The number of aromatic nitrogens is 2. The topological polar surface area (TPSA) is 71.3 Å². The van der Waals surface area contributed by atoms with E-state index in [-0.39, 0.29) is 11.9 Å². The third-order valence-corrected chi connectivity index (χ3v) is 3.58. The van der Waals surface area contributed by atoms with Crippen LogP contribution in [0, 0.1) is 0 Å². The highest BCUT2D eigenvalue weighted by molar-refractivity contribution is 5.84. The van der Waals surface area contributed by atoms with Crippen molar-refractivity contribution in [2.45, 2.75) is 44.1 Å². The normalized spacial score (nSPS) is 25.1. The first-order valence-corrected chi connectivity index (χ1v) is 6.59. The van der Waals surface area contributed by atoms with E-state index in [1.165, 1.54) is 0 Å². The highest BCUT2D eigenvalue weighted by Gasteiger charge is 2.31. The molecule has 1 N–H and O–H groups in total. The first-order valence-electron chi connectivity index (χ1n) is 6.59. The Hall–Kier alpha value is -1.59. The number of rotatable bonds is 3. The fraction of sp³-hybridized carbons (Fsp3) is 0.750. The van der Waals surface area contributed by atoms with Crippen molar-refractivity contribution in [3.05, 3.63) is 5.89 Å². The van der Waals surface area contributed by atoms with Gasteiger partial charge in [0.05, 0.1) is 0 Å². The number of hydrogen-bond donors (Lipinski definition) is 1. The molecule has 2 aliphatic rings. The zero-order chi connectivity index (χ0) is 12.5. The molecule has 1 aliphatic heterocycles. The molecule has 0 aromatic carbocycles. The van der Waals surface area contributed by atoms with Crippen LogP contribution in [-0.4, -0.2) is 40.6 Å². The van der Waals surface area contributed by atoms with Crippen LogP contribution >= 0.6 is 0 Å². The molecule has 1 saturated heterocycles. The molecule has 0 unspecified atom stereocenters. The smallest absolute Gasteiger partial charge is 0.316 e. The number of carbonyl (C=O) groups is 1. The van der Waals surface area contributed by atoms with Crippen LogP contribution < -0.4 is 5.32 Å². The van der Waals surface area contributed by atoms with Crippen LogP contribution in [-0.2, 0) is 4.79 Å². The van der Waals surface area contributed by atoms with Gasteiger partial charge >= 0.3 is 6.01 Å². The predicted molar refractivity (Wildman–Crippen MR) is 65.2 cm³/mol. The van der Waals surface area contributed by atoms with Crippen molar-refractivity contribution >= 4 is 11.9 Å². The van der Waals surface area contributed by atoms with E-state index in [9.17, 15) is 4.79 Å². The molecular formula is C12H18N4O2. The number of nitrogens with zero attached hydrogens (tertiary/aromatic N) is 3. The summed E-state index contributed by atoms with van der Waals surface area (Å²) in [5.41, 5.74) is 0. The standard InChI is InChI=1S/C12H18N4O2/c1-16-7-3-2-4-9(11(16)17)13-12-15-14-10(18-12)8-5-6-8/h8-9H,2-7H2,1H3,(H,13,15)/t9-/m1/s1. The van der Waals surface area contributed by atoms with Gasteiger partial charge in [-0.25, -0.2) is 0 Å². The van der Waals surface area contributed by atoms with Crippen molar-refractivity contribution in [3.63, 3.8) is 0 Å². The van der Waals surface area contributed by atoms with Crippen LogP contribution in [0.25, 0.3) is 0 Å². The summed E-state index contributed by atoms with van der Waals surface area (Å²) in [5, 5.41) is 11.0. The minimum absolute atomic E-state index is 0.110. The van der Waals surface area contributed by atoms with Crippen molar-refractivity contribution in [1.29, 1.82) is 0 Å². The van der Waals surface area contributed by atoms with Gasteiger partial charge in [-0.2, -0.15) is 0 Å². The molecule has 18 heavy (non-hydrogen) atoms. The van der Waals surface area contributed by atoms with E-state index >= 15 is 0 Å². The summed E-state index contributed by atoms with van der Waals surface area (Å²) in [5.74, 6) is 1.26. The summed E-state index contributed by atoms with van der Waals surface area (Å²) in [6.45, 7) is 0.828. The second-order valence-electron chi connectivity index (χ2n) is 5.17. The molecule has 6 heteroatoms. The number of anilines is 1. The fourth-order valence-corrected chi connectivity index (χ4v) is 2.27. The number of carbonyl (C=O) groups excluding carboxylic acids is 1. The fourth-order valence-electron chi connectivity index (χ4n) is 2.27. The van der Waals surface area contributed by atoms with E-state index in [0.29, 0.717) is 17.8 Å². The number of amides is 1. The van der Waals surface area contributed by atoms with E-state index in [1.54, 1.807) is 4.90 Å². The molecule has 0 bridgehead atoms. The van der Waals surface area contributed by atoms with Gasteiger partial charge in [0.15, 0.2) is 0 Å². The average Bonchev–Trinajstić information content (AvgIpc) is 3.13. The SMILES string of the molecule is CN1CCCC[C@@H](Nc2nnc(C3CC3)o2)C1=O. The van der Waals surface area contributed by atoms with Crippen LogP contribution in [0.3, 0.4) is 0 Å². The molecule has 2 fully saturated rings. The minimum Gasteiger partial charge on any atom is -0.408 e. The summed E-state index contributed by atoms with van der Waals surface area (Å²) < 4.78 is 5.53. The summed E-state index contributed by atoms with van der Waals surface area (Å²) in [6, 6.07) is 0.149. The van der Waals surface area contributed by atoms with Crippen LogP contribution in [0.4, 0.5) is 6.01 Å². The molecule has 1 aliphatic carbocycles. The zero-order valence-corrected chi connectivity index (χ0v) is 10.6. The van der Waals surface area contributed by atoms with Gasteiger partial charge in [-0.3, -0.25) is 4.79 Å². The Labute approximate surface area is 106 Å². The quantitative estimate of drug-likeness (QED) is 0.877. The summed E-state index contributed by atoms with van der Waals surface area (Å²) in [7, 11) is 1.84. The number of hydrogen-bond acceptors (Lipinski definition) is 5.